The molecule has 1 heterocycles. The third kappa shape index (κ3) is 5.16. The van der Waals surface area contributed by atoms with Crippen molar-refractivity contribution in [2.75, 3.05) is 27.2 Å². The number of hydrogen-bond acceptors (Lipinski definition) is 5. The first kappa shape index (κ1) is 13.0. The first-order chi connectivity index (χ1) is 7.49. The van der Waals surface area contributed by atoms with E-state index < -0.39 is 5.60 Å². The van der Waals surface area contributed by atoms with Crippen LogP contribution in [-0.2, 0) is 6.54 Å². The van der Waals surface area contributed by atoms with Gasteiger partial charge in [0.2, 0.25) is 0 Å². The van der Waals surface area contributed by atoms with Gasteiger partial charge in [-0.05, 0) is 21.0 Å². The largest absolute Gasteiger partial charge is 0.388 e. The van der Waals surface area contributed by atoms with Gasteiger partial charge in [0, 0.05) is 37.6 Å². The van der Waals surface area contributed by atoms with Crippen LogP contribution in [-0.4, -0.2) is 52.8 Å². The molecule has 1 aromatic heterocycles. The quantitative estimate of drug-likeness (QED) is 0.705. The molecule has 2 N–H and O–H groups in total. The topological polar surface area (TPSA) is 61.3 Å². The van der Waals surface area contributed by atoms with E-state index in [0.717, 1.165) is 5.56 Å². The van der Waals surface area contributed by atoms with Crippen LogP contribution in [0.5, 0.6) is 0 Å². The molecule has 0 spiro atoms. The van der Waals surface area contributed by atoms with E-state index in [4.69, 9.17) is 0 Å². The van der Waals surface area contributed by atoms with E-state index in [1.54, 1.807) is 12.4 Å². The highest BCUT2D eigenvalue weighted by Crippen LogP contribution is 2.03. The van der Waals surface area contributed by atoms with E-state index in [1.807, 2.05) is 25.9 Å². The fourth-order valence-corrected chi connectivity index (χ4v) is 1.63. The summed E-state index contributed by atoms with van der Waals surface area (Å²) >= 11 is 0. The minimum absolute atomic E-state index is 0.542. The molecule has 5 heteroatoms. The predicted molar refractivity (Wildman–Crippen MR) is 62.9 cm³/mol. The average molecular weight is 224 g/mol. The van der Waals surface area contributed by atoms with Crippen molar-refractivity contribution >= 4 is 0 Å². The Morgan fingerprint density at radius 3 is 2.56 bits per heavy atom. The Balaban J connectivity index is 2.30. The summed E-state index contributed by atoms with van der Waals surface area (Å²) in [6, 6.07) is 0. The molecule has 0 aliphatic heterocycles. The molecule has 1 rings (SSSR count). The second-order valence-electron chi connectivity index (χ2n) is 4.59. The molecule has 0 fully saturated rings. The van der Waals surface area contributed by atoms with Crippen molar-refractivity contribution in [1.82, 2.24) is 20.2 Å². The third-order valence-electron chi connectivity index (χ3n) is 2.11. The molecular formula is C11H20N4O. The molecule has 1 aromatic rings. The number of hydrogen-bond donors (Lipinski definition) is 2. The lowest BCUT2D eigenvalue weighted by molar-refractivity contribution is 0.0336. The van der Waals surface area contributed by atoms with E-state index in [2.05, 4.69) is 15.3 Å². The van der Waals surface area contributed by atoms with Crippen molar-refractivity contribution in [3.63, 3.8) is 0 Å². The Morgan fingerprint density at radius 2 is 2.00 bits per heavy atom. The average Bonchev–Trinajstić information content (AvgIpc) is 2.16. The van der Waals surface area contributed by atoms with Crippen LogP contribution >= 0.6 is 0 Å². The molecule has 0 aliphatic rings. The summed E-state index contributed by atoms with van der Waals surface area (Å²) in [5.41, 5.74) is 0.294. The molecule has 0 aliphatic carbocycles. The molecule has 16 heavy (non-hydrogen) atoms. The highest BCUT2D eigenvalue weighted by Gasteiger charge is 2.20. The normalized spacial score (nSPS) is 15.1. The maximum atomic E-state index is 10.0. The Labute approximate surface area is 96.5 Å². The number of nitrogens with one attached hydrogen (secondary N) is 1. The van der Waals surface area contributed by atoms with E-state index in [9.17, 15) is 5.11 Å². The molecule has 0 saturated carbocycles. The lowest BCUT2D eigenvalue weighted by Gasteiger charge is -2.27. The maximum absolute atomic E-state index is 10.0. The number of aliphatic hydroxyl groups is 1. The van der Waals surface area contributed by atoms with Crippen LogP contribution in [0.2, 0.25) is 0 Å². The molecule has 0 bridgehead atoms. The summed E-state index contributed by atoms with van der Waals surface area (Å²) in [6.07, 6.45) is 5.03. The molecule has 5 nitrogen and oxygen atoms in total. The summed E-state index contributed by atoms with van der Waals surface area (Å²) in [7, 11) is 3.89. The van der Waals surface area contributed by atoms with Crippen molar-refractivity contribution in [3.8, 4) is 0 Å². The Morgan fingerprint density at radius 1 is 1.38 bits per heavy atom. The van der Waals surface area contributed by atoms with Gasteiger partial charge in [0.1, 0.15) is 6.33 Å². The molecule has 1 atom stereocenters. The Kier molecular flexibility index (Phi) is 4.79. The van der Waals surface area contributed by atoms with Crippen molar-refractivity contribution < 1.29 is 5.11 Å². The van der Waals surface area contributed by atoms with Gasteiger partial charge in [0.05, 0.1) is 5.60 Å². The predicted octanol–water partition coefficient (Wildman–Crippen LogP) is -0.121. The smallest absolute Gasteiger partial charge is 0.115 e. The summed E-state index contributed by atoms with van der Waals surface area (Å²) in [5.74, 6) is 0. The highest BCUT2D eigenvalue weighted by molar-refractivity contribution is 5.01. The zero-order chi connectivity index (χ0) is 12.0. The number of rotatable bonds is 6. The summed E-state index contributed by atoms with van der Waals surface area (Å²) in [5, 5.41) is 13.2. The van der Waals surface area contributed by atoms with Crippen LogP contribution in [0.1, 0.15) is 12.5 Å². The van der Waals surface area contributed by atoms with Crippen LogP contribution in [0.15, 0.2) is 18.7 Å². The van der Waals surface area contributed by atoms with Gasteiger partial charge in [0.15, 0.2) is 0 Å². The van der Waals surface area contributed by atoms with Crippen molar-refractivity contribution in [2.24, 2.45) is 0 Å². The Bertz CT molecular complexity index is 300. The van der Waals surface area contributed by atoms with E-state index in [-0.39, 0.29) is 0 Å². The van der Waals surface area contributed by atoms with E-state index >= 15 is 0 Å². The van der Waals surface area contributed by atoms with Crippen LogP contribution < -0.4 is 5.32 Å². The Hall–Kier alpha value is -1.04. The SMILES string of the molecule is CN(C)CC(C)(O)CNCc1cncnc1. The van der Waals surface area contributed by atoms with Gasteiger partial charge < -0.3 is 15.3 Å². The van der Waals surface area contributed by atoms with Gasteiger partial charge in [0.25, 0.3) is 0 Å². The van der Waals surface area contributed by atoms with Crippen LogP contribution in [0.4, 0.5) is 0 Å². The number of aromatic nitrogens is 2. The monoisotopic (exact) mass is 224 g/mol. The third-order valence-corrected chi connectivity index (χ3v) is 2.11. The molecular weight excluding hydrogens is 204 g/mol. The first-order valence-electron chi connectivity index (χ1n) is 5.31. The standard InChI is InChI=1S/C11H20N4O/c1-11(16,8-15(2)3)7-12-4-10-5-13-9-14-6-10/h5-6,9,12,16H,4,7-8H2,1-3H3. The van der Waals surface area contributed by atoms with Gasteiger partial charge in [-0.25, -0.2) is 9.97 Å². The van der Waals surface area contributed by atoms with Crippen molar-refractivity contribution in [3.05, 3.63) is 24.3 Å². The second kappa shape index (κ2) is 5.89. The fraction of sp³-hybridized carbons (Fsp3) is 0.636. The molecule has 1 unspecified atom stereocenters. The van der Waals surface area contributed by atoms with Gasteiger partial charge >= 0.3 is 0 Å². The first-order valence-corrected chi connectivity index (χ1v) is 5.31. The molecule has 0 radical (unpaired) electrons. The maximum Gasteiger partial charge on any atom is 0.115 e. The van der Waals surface area contributed by atoms with Crippen molar-refractivity contribution in [2.45, 2.75) is 19.1 Å². The fourth-order valence-electron chi connectivity index (χ4n) is 1.63. The van der Waals surface area contributed by atoms with Gasteiger partial charge in [-0.2, -0.15) is 0 Å². The van der Waals surface area contributed by atoms with Gasteiger partial charge in [-0.15, -0.1) is 0 Å². The van der Waals surface area contributed by atoms with E-state index in [1.165, 1.54) is 6.33 Å². The number of nitrogens with zero attached hydrogens (tertiary/aromatic N) is 3. The molecule has 0 amide bonds. The zero-order valence-electron chi connectivity index (χ0n) is 10.1. The number of likely N-dealkylation sites (N-methyl/N-ethyl adjacent to an activating group) is 1. The lowest BCUT2D eigenvalue weighted by Crippen LogP contribution is -2.45. The summed E-state index contributed by atoms with van der Waals surface area (Å²) in [6.45, 7) is 3.66. The molecule has 90 valence electrons. The van der Waals surface area contributed by atoms with Gasteiger partial charge in [-0.3, -0.25) is 0 Å². The zero-order valence-corrected chi connectivity index (χ0v) is 10.1. The molecule has 0 aromatic carbocycles. The van der Waals surface area contributed by atoms with E-state index in [0.29, 0.717) is 19.6 Å². The second-order valence-corrected chi connectivity index (χ2v) is 4.59. The van der Waals surface area contributed by atoms with Crippen LogP contribution in [0.3, 0.4) is 0 Å². The molecule has 0 saturated heterocycles. The summed E-state index contributed by atoms with van der Waals surface area (Å²) < 4.78 is 0. The lowest BCUT2D eigenvalue weighted by atomic mass is 10.1. The van der Waals surface area contributed by atoms with Crippen molar-refractivity contribution in [1.29, 1.82) is 0 Å². The minimum atomic E-state index is -0.723. The summed E-state index contributed by atoms with van der Waals surface area (Å²) in [4.78, 5) is 9.82. The van der Waals surface area contributed by atoms with Crippen LogP contribution in [0.25, 0.3) is 0 Å². The minimum Gasteiger partial charge on any atom is -0.388 e. The van der Waals surface area contributed by atoms with Gasteiger partial charge in [-0.1, -0.05) is 0 Å². The highest BCUT2D eigenvalue weighted by atomic mass is 16.3. The van der Waals surface area contributed by atoms with Crippen LogP contribution in [0, 0.1) is 0 Å².